The molecule has 4 aromatic rings. The molecule has 1 saturated carbocycles. The van der Waals surface area contributed by atoms with Crippen molar-refractivity contribution >= 4 is 0 Å². The molecule has 0 radical (unpaired) electrons. The van der Waals surface area contributed by atoms with Crippen molar-refractivity contribution in [1.82, 2.24) is 20.0 Å². The second-order valence-corrected chi connectivity index (χ2v) is 8.58. The molecular weight excluding hydrogens is 433 g/mol. The fourth-order valence-corrected chi connectivity index (χ4v) is 4.05. The molecule has 174 valence electrons. The number of aromatic nitrogens is 4. The van der Waals surface area contributed by atoms with Crippen molar-refractivity contribution < 1.29 is 13.9 Å². The van der Waals surface area contributed by atoms with Crippen LogP contribution in [-0.4, -0.2) is 32.1 Å². The van der Waals surface area contributed by atoms with Gasteiger partial charge in [-0.1, -0.05) is 37.3 Å². The summed E-state index contributed by atoms with van der Waals surface area (Å²) in [5.41, 5.74) is 8.39. The van der Waals surface area contributed by atoms with E-state index in [1.165, 1.54) is 28.8 Å². The van der Waals surface area contributed by atoms with Crippen molar-refractivity contribution in [1.29, 1.82) is 0 Å². The minimum atomic E-state index is -0.500. The second kappa shape index (κ2) is 9.61. The van der Waals surface area contributed by atoms with Crippen molar-refractivity contribution in [3.05, 3.63) is 90.1 Å². The fourth-order valence-electron chi connectivity index (χ4n) is 4.05. The van der Waals surface area contributed by atoms with Gasteiger partial charge in [-0.15, -0.1) is 4.80 Å². The molecule has 8 heteroatoms. The highest BCUT2D eigenvalue weighted by atomic mass is 19.1. The van der Waals surface area contributed by atoms with Gasteiger partial charge in [0.25, 0.3) is 0 Å². The van der Waals surface area contributed by atoms with E-state index in [1.54, 1.807) is 0 Å². The van der Waals surface area contributed by atoms with Crippen molar-refractivity contribution in [2.75, 3.05) is 0 Å². The van der Waals surface area contributed by atoms with Crippen molar-refractivity contribution in [3.8, 4) is 23.1 Å². The van der Waals surface area contributed by atoms with Crippen LogP contribution in [0.25, 0.3) is 5.82 Å². The number of para-hydroxylation sites is 1. The third-order valence-corrected chi connectivity index (χ3v) is 6.09. The highest BCUT2D eigenvalue weighted by Gasteiger charge is 2.30. The summed E-state index contributed by atoms with van der Waals surface area (Å²) in [7, 11) is 0. The number of benzene rings is 2. The zero-order valence-electron chi connectivity index (χ0n) is 18.8. The molecule has 5 rings (SSSR count). The van der Waals surface area contributed by atoms with Crippen LogP contribution >= 0.6 is 0 Å². The monoisotopic (exact) mass is 459 g/mol. The number of pyridine rings is 1. The molecule has 1 aliphatic rings. The lowest BCUT2D eigenvalue weighted by Crippen LogP contribution is -2.47. The largest absolute Gasteiger partial charge is 0.489 e. The molecule has 1 aliphatic carbocycles. The maximum Gasteiger partial charge on any atom is 0.217 e. The Balaban J connectivity index is 1.28. The van der Waals surface area contributed by atoms with E-state index in [0.717, 1.165) is 36.8 Å². The zero-order valence-corrected chi connectivity index (χ0v) is 18.8. The van der Waals surface area contributed by atoms with E-state index in [9.17, 15) is 4.39 Å². The molecule has 3 unspecified atom stereocenters. The zero-order chi connectivity index (χ0) is 23.5. The summed E-state index contributed by atoms with van der Waals surface area (Å²) in [4.78, 5) is 5.36. The Morgan fingerprint density at radius 1 is 1.06 bits per heavy atom. The van der Waals surface area contributed by atoms with Crippen LogP contribution in [0.15, 0.2) is 73.2 Å². The van der Waals surface area contributed by atoms with E-state index in [0.29, 0.717) is 11.6 Å². The Bertz CT molecular complexity index is 1250. The van der Waals surface area contributed by atoms with Crippen molar-refractivity contribution in [3.63, 3.8) is 0 Å². The first kappa shape index (κ1) is 22.0. The smallest absolute Gasteiger partial charge is 0.217 e. The van der Waals surface area contributed by atoms with Gasteiger partial charge in [0.1, 0.15) is 23.4 Å². The van der Waals surface area contributed by atoms with Gasteiger partial charge in [-0.05, 0) is 54.5 Å². The predicted octanol–water partition coefficient (Wildman–Crippen LogP) is 4.81. The van der Waals surface area contributed by atoms with Gasteiger partial charge in [0.15, 0.2) is 5.75 Å². The van der Waals surface area contributed by atoms with Gasteiger partial charge < -0.3 is 15.2 Å². The molecule has 0 bridgehead atoms. The van der Waals surface area contributed by atoms with Crippen LogP contribution in [0.1, 0.15) is 36.8 Å². The molecule has 34 heavy (non-hydrogen) atoms. The predicted molar refractivity (Wildman–Crippen MR) is 126 cm³/mol. The lowest BCUT2D eigenvalue weighted by atomic mass is 9.89. The summed E-state index contributed by atoms with van der Waals surface area (Å²) in [5, 5.41) is 8.11. The summed E-state index contributed by atoms with van der Waals surface area (Å²) in [6.07, 6.45) is 7.11. The van der Waals surface area contributed by atoms with E-state index in [1.807, 2.05) is 42.5 Å². The molecule has 0 aliphatic heterocycles. The topological polar surface area (TPSA) is 88.1 Å². The van der Waals surface area contributed by atoms with Gasteiger partial charge in [-0.25, -0.2) is 9.37 Å². The van der Waals surface area contributed by atoms with E-state index >= 15 is 0 Å². The molecule has 0 amide bonds. The van der Waals surface area contributed by atoms with Crippen LogP contribution < -0.4 is 15.2 Å². The lowest BCUT2D eigenvalue weighted by Gasteiger charge is -2.34. The highest BCUT2D eigenvalue weighted by Crippen LogP contribution is 2.33. The van der Waals surface area contributed by atoms with Crippen LogP contribution in [0.4, 0.5) is 4.39 Å². The molecule has 3 atom stereocenters. The number of rotatable bonds is 8. The van der Waals surface area contributed by atoms with Gasteiger partial charge in [0, 0.05) is 12.1 Å². The Hall–Kier alpha value is -3.78. The first-order valence-corrected chi connectivity index (χ1v) is 11.4. The Labute approximate surface area is 197 Å². The lowest BCUT2D eigenvalue weighted by molar-refractivity contribution is 0.0918. The average molecular weight is 460 g/mol. The summed E-state index contributed by atoms with van der Waals surface area (Å²) >= 11 is 0. The summed E-state index contributed by atoms with van der Waals surface area (Å²) in [5.74, 6) is 1.78. The maximum atomic E-state index is 13.8. The van der Waals surface area contributed by atoms with Crippen molar-refractivity contribution in [2.24, 2.45) is 5.73 Å². The molecule has 2 heterocycles. The van der Waals surface area contributed by atoms with Crippen LogP contribution in [0, 0.1) is 5.82 Å². The van der Waals surface area contributed by atoms with E-state index in [4.69, 9.17) is 15.2 Å². The maximum absolute atomic E-state index is 13.8. The normalized spacial score (nSPS) is 18.2. The molecule has 2 aromatic heterocycles. The molecular formula is C26H26FN5O2. The number of hydrogen-bond acceptors (Lipinski definition) is 6. The minimum Gasteiger partial charge on any atom is -0.489 e. The van der Waals surface area contributed by atoms with Crippen LogP contribution in [0.2, 0.25) is 0 Å². The van der Waals surface area contributed by atoms with Crippen LogP contribution in [0.3, 0.4) is 0 Å². The molecule has 1 fully saturated rings. The van der Waals surface area contributed by atoms with E-state index in [-0.39, 0.29) is 23.8 Å². The van der Waals surface area contributed by atoms with Gasteiger partial charge >= 0.3 is 0 Å². The average Bonchev–Trinajstić information content (AvgIpc) is 3.38. The van der Waals surface area contributed by atoms with Gasteiger partial charge in [-0.3, -0.25) is 0 Å². The van der Waals surface area contributed by atoms with E-state index < -0.39 is 5.82 Å². The molecule has 0 spiro atoms. The third kappa shape index (κ3) is 4.77. The van der Waals surface area contributed by atoms with Crippen molar-refractivity contribution in [2.45, 2.75) is 44.2 Å². The quantitative estimate of drug-likeness (QED) is 0.407. The van der Waals surface area contributed by atoms with E-state index in [2.05, 4.69) is 28.2 Å². The number of nitrogens with two attached hydrogens (primary N) is 1. The standard InChI is InChI=1S/C26H26FN5O2/c1-17(21-4-2-3-5-23(21)34-24-11-10-22(24)28)14-18-6-8-20(9-7-18)33-25-15-19(27)16-29-26(25)32-30-12-13-31-32/h2-9,12-13,15-17,22,24H,10-11,14,28H2,1H3. The summed E-state index contributed by atoms with van der Waals surface area (Å²) in [6.45, 7) is 2.19. The number of halogens is 1. The Kier molecular flexibility index (Phi) is 6.22. The van der Waals surface area contributed by atoms with Gasteiger partial charge in [-0.2, -0.15) is 10.2 Å². The fraction of sp³-hybridized carbons (Fsp3) is 0.269. The Morgan fingerprint density at radius 2 is 1.82 bits per heavy atom. The number of hydrogen-bond donors (Lipinski definition) is 1. The highest BCUT2D eigenvalue weighted by molar-refractivity contribution is 5.43. The van der Waals surface area contributed by atoms with Crippen LogP contribution in [0.5, 0.6) is 17.2 Å². The third-order valence-electron chi connectivity index (χ3n) is 6.09. The first-order chi connectivity index (χ1) is 16.6. The number of nitrogens with zero attached hydrogens (tertiary/aromatic N) is 4. The van der Waals surface area contributed by atoms with Gasteiger partial charge in [0.05, 0.1) is 18.6 Å². The number of ether oxygens (including phenoxy) is 2. The molecule has 2 N–H and O–H groups in total. The minimum absolute atomic E-state index is 0.101. The molecule has 7 nitrogen and oxygen atoms in total. The Morgan fingerprint density at radius 3 is 2.53 bits per heavy atom. The van der Waals surface area contributed by atoms with Crippen LogP contribution in [-0.2, 0) is 6.42 Å². The first-order valence-electron chi connectivity index (χ1n) is 11.4. The second-order valence-electron chi connectivity index (χ2n) is 8.58. The molecule has 0 saturated heterocycles. The molecule has 2 aromatic carbocycles. The summed E-state index contributed by atoms with van der Waals surface area (Å²) < 4.78 is 25.9. The SMILES string of the molecule is CC(Cc1ccc(Oc2cc(F)cnc2-n2nccn2)cc1)c1ccccc1OC1CCC1N. The van der Waals surface area contributed by atoms with Gasteiger partial charge in [0.2, 0.25) is 5.82 Å². The summed E-state index contributed by atoms with van der Waals surface area (Å²) in [6, 6.07) is 17.3.